The predicted molar refractivity (Wildman–Crippen MR) is 105 cm³/mol. The second kappa shape index (κ2) is 6.81. The van der Waals surface area contributed by atoms with Crippen LogP contribution < -0.4 is 9.80 Å². The molecule has 2 aliphatic rings. The quantitative estimate of drug-likeness (QED) is 0.773. The van der Waals surface area contributed by atoms with E-state index in [1.807, 2.05) is 0 Å². The summed E-state index contributed by atoms with van der Waals surface area (Å²) in [7, 11) is 0. The zero-order chi connectivity index (χ0) is 20.0. The van der Waals surface area contributed by atoms with E-state index < -0.39 is 29.6 Å². The number of para-hydroxylation sites is 1. The number of carbonyl (C=O) groups is 4. The van der Waals surface area contributed by atoms with Gasteiger partial charge in [-0.2, -0.15) is 0 Å². The number of fused-ring (bicyclic) bond motifs is 1. The summed E-state index contributed by atoms with van der Waals surface area (Å²) in [6.07, 6.45) is 0. The lowest BCUT2D eigenvalue weighted by atomic mass is 10.1. The number of benzene rings is 2. The number of nitrogens with zero attached hydrogens (tertiary/aromatic N) is 2. The van der Waals surface area contributed by atoms with Crippen molar-refractivity contribution in [3.8, 4) is 0 Å². The zero-order valence-electron chi connectivity index (χ0n) is 14.1. The molecule has 4 rings (SSSR count). The molecule has 2 aliphatic heterocycles. The van der Waals surface area contributed by atoms with Crippen LogP contribution >= 0.6 is 23.4 Å². The summed E-state index contributed by atoms with van der Waals surface area (Å²) in [5.74, 6) is -2.45. The number of aliphatic carboxylic acids is 1. The van der Waals surface area contributed by atoms with Gasteiger partial charge >= 0.3 is 5.97 Å². The second-order valence-corrected chi connectivity index (χ2v) is 7.39. The van der Waals surface area contributed by atoms with Gasteiger partial charge in [0.25, 0.3) is 17.1 Å². The van der Waals surface area contributed by atoms with E-state index in [0.29, 0.717) is 33.7 Å². The van der Waals surface area contributed by atoms with Gasteiger partial charge in [-0.05, 0) is 36.0 Å². The summed E-state index contributed by atoms with van der Waals surface area (Å²) in [5, 5.41) is 8.92. The maximum absolute atomic E-state index is 13.0. The number of amides is 3. The molecule has 0 atom stereocenters. The minimum absolute atomic E-state index is 0.0321. The topological polar surface area (TPSA) is 95.0 Å². The standard InChI is InChI=1S/C19H11ClN2O5S/c20-10-4-3-5-11(8-10)22-18(26)16(28-19(22)27)15-12-6-1-2-7-13(12)21(17(15)25)9-14(23)24/h1-8H,9H2,(H,23,24)/b16-15-. The third kappa shape index (κ3) is 2.87. The maximum atomic E-state index is 13.0. The Bertz CT molecular complexity index is 1100. The van der Waals surface area contributed by atoms with Crippen molar-refractivity contribution < 1.29 is 24.3 Å². The molecule has 0 bridgehead atoms. The second-order valence-electron chi connectivity index (χ2n) is 5.99. The zero-order valence-corrected chi connectivity index (χ0v) is 15.7. The molecule has 1 N–H and O–H groups in total. The fourth-order valence-corrected chi connectivity index (χ4v) is 4.27. The molecule has 2 aromatic carbocycles. The van der Waals surface area contributed by atoms with Crippen molar-refractivity contribution in [3.63, 3.8) is 0 Å². The van der Waals surface area contributed by atoms with Crippen LogP contribution in [0.3, 0.4) is 0 Å². The number of hydrogen-bond acceptors (Lipinski definition) is 5. The molecular weight excluding hydrogens is 404 g/mol. The fourth-order valence-electron chi connectivity index (χ4n) is 3.15. The molecule has 0 spiro atoms. The van der Waals surface area contributed by atoms with Gasteiger partial charge < -0.3 is 5.11 Å². The molecule has 0 unspecified atom stereocenters. The first-order valence-corrected chi connectivity index (χ1v) is 9.27. The van der Waals surface area contributed by atoms with Crippen LogP contribution in [0.15, 0.2) is 53.4 Å². The predicted octanol–water partition coefficient (Wildman–Crippen LogP) is 3.38. The van der Waals surface area contributed by atoms with Crippen molar-refractivity contribution in [2.75, 3.05) is 16.3 Å². The Morgan fingerprint density at radius 2 is 1.79 bits per heavy atom. The highest BCUT2D eigenvalue weighted by Gasteiger charge is 2.44. The van der Waals surface area contributed by atoms with Gasteiger partial charge in [0.05, 0.1) is 21.9 Å². The van der Waals surface area contributed by atoms with E-state index in [1.54, 1.807) is 42.5 Å². The Morgan fingerprint density at radius 3 is 2.50 bits per heavy atom. The minimum atomic E-state index is -1.18. The number of imide groups is 1. The number of carbonyl (C=O) groups excluding carboxylic acids is 3. The third-order valence-corrected chi connectivity index (χ3v) is 5.45. The minimum Gasteiger partial charge on any atom is -0.480 e. The van der Waals surface area contributed by atoms with Crippen molar-refractivity contribution in [2.45, 2.75) is 0 Å². The highest BCUT2D eigenvalue weighted by atomic mass is 35.5. The largest absolute Gasteiger partial charge is 0.480 e. The van der Waals surface area contributed by atoms with Crippen molar-refractivity contribution in [1.82, 2.24) is 0 Å². The van der Waals surface area contributed by atoms with E-state index in [9.17, 15) is 19.2 Å². The summed E-state index contributed by atoms with van der Waals surface area (Å²) in [4.78, 5) is 51.6. The number of hydrogen-bond donors (Lipinski definition) is 1. The van der Waals surface area contributed by atoms with Crippen LogP contribution in [-0.2, 0) is 14.4 Å². The lowest BCUT2D eigenvalue weighted by Gasteiger charge is -2.14. The first-order chi connectivity index (χ1) is 13.4. The molecule has 7 nitrogen and oxygen atoms in total. The first kappa shape index (κ1) is 18.3. The van der Waals surface area contributed by atoms with E-state index in [-0.39, 0.29) is 10.5 Å². The highest BCUT2D eigenvalue weighted by Crippen LogP contribution is 2.45. The van der Waals surface area contributed by atoms with Gasteiger partial charge in [-0.3, -0.25) is 24.1 Å². The molecule has 2 aromatic rings. The summed E-state index contributed by atoms with van der Waals surface area (Å²) >= 11 is 6.60. The van der Waals surface area contributed by atoms with Gasteiger partial charge in [-0.25, -0.2) is 4.90 Å². The number of carboxylic acids is 1. The van der Waals surface area contributed by atoms with Crippen LogP contribution in [0.2, 0.25) is 5.02 Å². The van der Waals surface area contributed by atoms with E-state index in [4.69, 9.17) is 16.7 Å². The maximum Gasteiger partial charge on any atom is 0.323 e. The molecule has 140 valence electrons. The van der Waals surface area contributed by atoms with Crippen molar-refractivity contribution in [1.29, 1.82) is 0 Å². The number of anilines is 2. The Kier molecular flexibility index (Phi) is 4.44. The Hall–Kier alpha value is -3.10. The van der Waals surface area contributed by atoms with Crippen molar-refractivity contribution >= 4 is 63.3 Å². The normalized spacial score (nSPS) is 18.8. The summed E-state index contributed by atoms with van der Waals surface area (Å²) in [6, 6.07) is 12.8. The van der Waals surface area contributed by atoms with Crippen LogP contribution in [0, 0.1) is 0 Å². The van der Waals surface area contributed by atoms with Crippen molar-refractivity contribution in [2.24, 2.45) is 0 Å². The molecule has 2 heterocycles. The van der Waals surface area contributed by atoms with Crippen LogP contribution in [-0.4, -0.2) is 34.7 Å². The number of halogens is 1. The molecule has 28 heavy (non-hydrogen) atoms. The smallest absolute Gasteiger partial charge is 0.323 e. The highest BCUT2D eigenvalue weighted by molar-refractivity contribution is 8.19. The number of carboxylic acid groups (broad SMARTS) is 1. The molecule has 0 saturated carbocycles. The number of thioether (sulfide) groups is 1. The van der Waals surface area contributed by atoms with Crippen LogP contribution in [0.1, 0.15) is 5.56 Å². The molecule has 0 aromatic heterocycles. The molecule has 0 aliphatic carbocycles. The lowest BCUT2D eigenvalue weighted by molar-refractivity contribution is -0.136. The average molecular weight is 415 g/mol. The molecule has 9 heteroatoms. The van der Waals surface area contributed by atoms with E-state index in [1.165, 1.54) is 6.07 Å². The Morgan fingerprint density at radius 1 is 1.04 bits per heavy atom. The van der Waals surface area contributed by atoms with Gasteiger partial charge in [0.15, 0.2) is 0 Å². The van der Waals surface area contributed by atoms with Gasteiger partial charge in [0.2, 0.25) is 0 Å². The van der Waals surface area contributed by atoms with Gasteiger partial charge in [0, 0.05) is 10.6 Å². The van der Waals surface area contributed by atoms with Crippen LogP contribution in [0.25, 0.3) is 5.57 Å². The van der Waals surface area contributed by atoms with E-state index in [0.717, 1.165) is 9.80 Å². The van der Waals surface area contributed by atoms with Gasteiger partial charge in [-0.15, -0.1) is 0 Å². The molecule has 1 fully saturated rings. The lowest BCUT2D eigenvalue weighted by Crippen LogP contribution is -2.32. The fraction of sp³-hybridized carbons (Fsp3) is 0.0526. The van der Waals surface area contributed by atoms with E-state index >= 15 is 0 Å². The molecular formula is C19H11ClN2O5S. The first-order valence-electron chi connectivity index (χ1n) is 8.07. The number of rotatable bonds is 3. The van der Waals surface area contributed by atoms with Gasteiger partial charge in [-0.1, -0.05) is 35.9 Å². The van der Waals surface area contributed by atoms with Crippen LogP contribution in [0.5, 0.6) is 0 Å². The Balaban J connectivity index is 1.83. The average Bonchev–Trinajstić information content (AvgIpc) is 3.08. The third-order valence-electron chi connectivity index (χ3n) is 4.28. The summed E-state index contributed by atoms with van der Waals surface area (Å²) < 4.78 is 0. The molecule has 1 saturated heterocycles. The summed E-state index contributed by atoms with van der Waals surface area (Å²) in [6.45, 7) is -0.544. The summed E-state index contributed by atoms with van der Waals surface area (Å²) in [5.41, 5.74) is 1.14. The monoisotopic (exact) mass is 414 g/mol. The molecule has 0 radical (unpaired) electrons. The SMILES string of the molecule is O=C(O)CN1C(=O)/C(=C2\SC(=O)N(c3cccc(Cl)c3)C2=O)c2ccccc21. The molecule has 3 amide bonds. The van der Waals surface area contributed by atoms with Gasteiger partial charge in [0.1, 0.15) is 6.54 Å². The van der Waals surface area contributed by atoms with Crippen LogP contribution in [0.4, 0.5) is 16.2 Å². The van der Waals surface area contributed by atoms with Crippen molar-refractivity contribution in [3.05, 3.63) is 64.0 Å². The van der Waals surface area contributed by atoms with E-state index in [2.05, 4.69) is 0 Å². The Labute approximate surface area is 168 Å².